The number of amides is 1. The third-order valence-corrected chi connectivity index (χ3v) is 8.89. The van der Waals surface area contributed by atoms with Gasteiger partial charge in [-0.1, -0.05) is 31.4 Å². The first-order valence-electron chi connectivity index (χ1n) is 10.7. The van der Waals surface area contributed by atoms with E-state index in [4.69, 9.17) is 14.2 Å². The number of alkyl halides is 1. The Labute approximate surface area is 197 Å². The van der Waals surface area contributed by atoms with Gasteiger partial charge < -0.3 is 14.2 Å². The highest BCUT2D eigenvalue weighted by Crippen LogP contribution is 2.66. The number of methoxy groups -OCH3 is 1. The molecule has 1 aliphatic heterocycles. The highest BCUT2D eigenvalue weighted by atomic mass is 32.2. The first-order valence-corrected chi connectivity index (χ1v) is 15.2. The second kappa shape index (κ2) is 10.2. The average molecular weight is 501 g/mol. The van der Waals surface area contributed by atoms with Crippen LogP contribution in [0.2, 0.25) is 25.7 Å². The van der Waals surface area contributed by atoms with Crippen LogP contribution in [0.5, 0.6) is 0 Å². The number of hydrogen-bond acceptors (Lipinski definition) is 7. The van der Waals surface area contributed by atoms with Crippen LogP contribution in [0, 0.1) is 11.7 Å². The summed E-state index contributed by atoms with van der Waals surface area (Å²) in [6.07, 6.45) is 0.270. The summed E-state index contributed by atoms with van der Waals surface area (Å²) in [5.74, 6) is -1.05. The summed E-state index contributed by atoms with van der Waals surface area (Å²) >= 11 is 1.18. The number of aldehydes is 1. The highest BCUT2D eigenvalue weighted by Gasteiger charge is 2.69. The van der Waals surface area contributed by atoms with Crippen molar-refractivity contribution in [2.75, 3.05) is 33.7 Å². The van der Waals surface area contributed by atoms with Crippen LogP contribution in [0.1, 0.15) is 22.3 Å². The fourth-order valence-electron chi connectivity index (χ4n) is 3.98. The molecule has 182 valence electrons. The van der Waals surface area contributed by atoms with E-state index in [9.17, 15) is 18.4 Å². The quantitative estimate of drug-likeness (QED) is 0.223. The van der Waals surface area contributed by atoms with Crippen LogP contribution < -0.4 is 5.32 Å². The van der Waals surface area contributed by atoms with Gasteiger partial charge in [-0.05, 0) is 30.7 Å². The van der Waals surface area contributed by atoms with Crippen molar-refractivity contribution in [3.05, 3.63) is 35.1 Å². The molecule has 1 aromatic carbocycles. The fourth-order valence-corrected chi connectivity index (χ4v) is 6.18. The molecule has 1 heterocycles. The first kappa shape index (κ1) is 25.8. The number of hydrogen-bond donors (Lipinski definition) is 1. The predicted octanol–water partition coefficient (Wildman–Crippen LogP) is 4.35. The Bertz CT molecular complexity index is 929. The lowest BCUT2D eigenvalue weighted by Gasteiger charge is -2.35. The number of aliphatic imine (C=N–C) groups is 1. The number of carbonyl (C=O) groups excluding carboxylic acids is 2. The summed E-state index contributed by atoms with van der Waals surface area (Å²) in [5.41, 5.74) is -1.44. The minimum Gasteiger partial charge on any atom is -0.385 e. The molecular formula is C22H30F2N2O5SSi. The van der Waals surface area contributed by atoms with Crippen LogP contribution in [0.4, 0.5) is 13.6 Å². The van der Waals surface area contributed by atoms with Crippen molar-refractivity contribution >= 4 is 37.4 Å². The molecule has 0 bridgehead atoms. The lowest BCUT2D eigenvalue weighted by Crippen LogP contribution is -2.41. The molecule has 1 aliphatic carbocycles. The normalized spacial score (nSPS) is 26.2. The fraction of sp³-hybridized carbons (Fsp3) is 0.591. The first-order chi connectivity index (χ1) is 15.6. The molecular weight excluding hydrogens is 470 g/mol. The number of alkyl carbamates (subject to hydrolysis) is 1. The lowest BCUT2D eigenvalue weighted by atomic mass is 9.84. The molecule has 7 nitrogen and oxygen atoms in total. The molecule has 1 N–H and O–H groups in total. The van der Waals surface area contributed by atoms with E-state index >= 15 is 0 Å². The van der Waals surface area contributed by atoms with Gasteiger partial charge in [-0.3, -0.25) is 10.1 Å². The van der Waals surface area contributed by atoms with E-state index in [0.717, 1.165) is 12.1 Å². The lowest BCUT2D eigenvalue weighted by molar-refractivity contribution is 0.112. The van der Waals surface area contributed by atoms with Crippen LogP contribution >= 0.6 is 11.8 Å². The largest absolute Gasteiger partial charge is 0.416 e. The van der Waals surface area contributed by atoms with Crippen molar-refractivity contribution < 1.29 is 32.6 Å². The van der Waals surface area contributed by atoms with Gasteiger partial charge in [0.05, 0.1) is 11.4 Å². The van der Waals surface area contributed by atoms with Crippen molar-refractivity contribution in [2.45, 2.75) is 42.4 Å². The molecule has 3 atom stereocenters. The van der Waals surface area contributed by atoms with E-state index in [2.05, 4.69) is 30.0 Å². The van der Waals surface area contributed by atoms with Crippen molar-refractivity contribution in [1.82, 2.24) is 5.32 Å². The predicted molar refractivity (Wildman–Crippen MR) is 126 cm³/mol. The average Bonchev–Trinajstić information content (AvgIpc) is 3.47. The highest BCUT2D eigenvalue weighted by molar-refractivity contribution is 8.15. The zero-order valence-corrected chi connectivity index (χ0v) is 21.1. The maximum atomic E-state index is 14.8. The van der Waals surface area contributed by atoms with Gasteiger partial charge in [0.15, 0.2) is 0 Å². The summed E-state index contributed by atoms with van der Waals surface area (Å²) in [5, 5.41) is 2.42. The van der Waals surface area contributed by atoms with Gasteiger partial charge in [-0.25, -0.2) is 18.6 Å². The van der Waals surface area contributed by atoms with Crippen molar-refractivity contribution in [2.24, 2.45) is 10.9 Å². The van der Waals surface area contributed by atoms with Crippen molar-refractivity contribution in [3.8, 4) is 0 Å². The Balaban J connectivity index is 1.79. The third-order valence-electron chi connectivity index (χ3n) is 5.86. The molecule has 0 saturated heterocycles. The number of fused-ring (bicyclic) bond motifs is 1. The number of halogens is 2. The van der Waals surface area contributed by atoms with E-state index in [0.29, 0.717) is 19.3 Å². The maximum absolute atomic E-state index is 14.8. The minimum atomic E-state index is -1.61. The Hall–Kier alpha value is -1.82. The SMILES string of the molecule is COC[C@]12C[C@H]1[C@@](CF)(c1cc(C=O)ccc1F)N=C(OC(=O)NCOCC[Si](C)(C)C)S2. The standard InChI is InChI=1S/C22H30F2N2O5SSi/c1-29-13-21-10-18(21)22(12-23,16-9-15(11-27)5-6-17(16)24)26-20(32-21)31-19(28)25-14-30-7-8-33(2,3)4/h5-6,9,11,18H,7-8,10,12-14H2,1-4H3,(H,25,28)/t18-,21-,22-/m1/s1. The van der Waals surface area contributed by atoms with Gasteiger partial charge in [-0.15, -0.1) is 0 Å². The topological polar surface area (TPSA) is 86.2 Å². The Kier molecular flexibility index (Phi) is 7.98. The molecule has 1 saturated carbocycles. The van der Waals surface area contributed by atoms with Gasteiger partial charge in [0.1, 0.15) is 31.0 Å². The van der Waals surface area contributed by atoms with Crippen LogP contribution in [0.25, 0.3) is 0 Å². The van der Waals surface area contributed by atoms with E-state index in [1.165, 1.54) is 31.0 Å². The van der Waals surface area contributed by atoms with E-state index in [-0.39, 0.29) is 35.6 Å². The Morgan fingerprint density at radius 1 is 1.39 bits per heavy atom. The number of nitrogens with zero attached hydrogens (tertiary/aromatic N) is 1. The Morgan fingerprint density at radius 3 is 2.79 bits per heavy atom. The molecule has 3 rings (SSSR count). The second-order valence-electron chi connectivity index (χ2n) is 9.58. The number of ether oxygens (including phenoxy) is 3. The molecule has 2 aliphatic rings. The smallest absolute Gasteiger partial charge is 0.385 e. The summed E-state index contributed by atoms with van der Waals surface area (Å²) in [6, 6.07) is 4.71. The number of rotatable bonds is 10. The number of carbonyl (C=O) groups is 2. The van der Waals surface area contributed by atoms with Crippen molar-refractivity contribution in [3.63, 3.8) is 0 Å². The molecule has 1 amide bonds. The summed E-state index contributed by atoms with van der Waals surface area (Å²) in [6.45, 7) is 6.41. The van der Waals surface area contributed by atoms with Gasteiger partial charge in [0.2, 0.25) is 0 Å². The molecule has 0 unspecified atom stereocenters. The molecule has 0 spiro atoms. The van der Waals surface area contributed by atoms with Crippen LogP contribution in [0.15, 0.2) is 23.2 Å². The molecule has 0 aromatic heterocycles. The maximum Gasteiger partial charge on any atom is 0.416 e. The zero-order chi connectivity index (χ0) is 24.3. The summed E-state index contributed by atoms with van der Waals surface area (Å²) < 4.78 is 45.0. The van der Waals surface area contributed by atoms with Crippen LogP contribution in [-0.2, 0) is 19.7 Å². The van der Waals surface area contributed by atoms with Gasteiger partial charge in [0.25, 0.3) is 5.23 Å². The molecule has 11 heteroatoms. The van der Waals surface area contributed by atoms with Crippen LogP contribution in [-0.4, -0.2) is 64.2 Å². The number of thioether (sulfide) groups is 1. The molecule has 0 radical (unpaired) electrons. The van der Waals surface area contributed by atoms with Gasteiger partial charge in [-0.2, -0.15) is 0 Å². The van der Waals surface area contributed by atoms with Crippen molar-refractivity contribution in [1.29, 1.82) is 0 Å². The van der Waals surface area contributed by atoms with E-state index in [1.807, 2.05) is 0 Å². The second-order valence-corrected chi connectivity index (χ2v) is 16.6. The minimum absolute atomic E-state index is 0.0304. The van der Waals surface area contributed by atoms with Gasteiger partial charge >= 0.3 is 6.09 Å². The number of nitrogens with one attached hydrogen (secondary N) is 1. The molecule has 33 heavy (non-hydrogen) atoms. The van der Waals surface area contributed by atoms with Crippen LogP contribution in [0.3, 0.4) is 0 Å². The van der Waals surface area contributed by atoms with Gasteiger partial charge in [0, 0.05) is 38.8 Å². The molecule has 1 aromatic rings. The summed E-state index contributed by atoms with van der Waals surface area (Å²) in [4.78, 5) is 27.9. The number of benzene rings is 1. The van der Waals surface area contributed by atoms with E-state index < -0.39 is 36.9 Å². The monoisotopic (exact) mass is 500 g/mol. The summed E-state index contributed by atoms with van der Waals surface area (Å²) in [7, 11) is 0.276. The zero-order valence-electron chi connectivity index (χ0n) is 19.3. The third kappa shape index (κ3) is 5.82. The van der Waals surface area contributed by atoms with E-state index in [1.54, 1.807) is 0 Å². The Morgan fingerprint density at radius 2 is 2.15 bits per heavy atom. The molecule has 1 fully saturated rings.